The predicted molar refractivity (Wildman–Crippen MR) is 109 cm³/mol. The van der Waals surface area contributed by atoms with Gasteiger partial charge >= 0.3 is 5.97 Å². The molecule has 0 aliphatic rings. The molecule has 5 nitrogen and oxygen atoms in total. The van der Waals surface area contributed by atoms with Gasteiger partial charge in [0.1, 0.15) is 0 Å². The molecule has 1 atom stereocenters. The normalized spacial score (nSPS) is 12.0. The van der Waals surface area contributed by atoms with Crippen molar-refractivity contribution in [1.82, 2.24) is 4.57 Å². The summed E-state index contributed by atoms with van der Waals surface area (Å²) in [6.45, 7) is 8.15. The van der Waals surface area contributed by atoms with Crippen LogP contribution in [0.25, 0.3) is 21.8 Å². The summed E-state index contributed by atoms with van der Waals surface area (Å²) in [6.07, 6.45) is 0.496. The highest BCUT2D eigenvalue weighted by molar-refractivity contribution is 6.10. The monoisotopic (exact) mass is 364 g/mol. The Labute approximate surface area is 158 Å². The fraction of sp³-hybridized carbons (Fsp3) is 0.273. The van der Waals surface area contributed by atoms with Crippen molar-refractivity contribution in [1.29, 1.82) is 0 Å². The van der Waals surface area contributed by atoms with Gasteiger partial charge in [-0.15, -0.1) is 0 Å². The maximum atomic E-state index is 12.4. The van der Waals surface area contributed by atoms with Crippen LogP contribution in [0.5, 0.6) is 0 Å². The Balaban J connectivity index is 1.85. The first kappa shape index (κ1) is 18.7. The molecule has 0 unspecified atom stereocenters. The molecule has 3 rings (SSSR count). The Morgan fingerprint density at radius 2 is 1.81 bits per heavy atom. The van der Waals surface area contributed by atoms with Crippen molar-refractivity contribution in [2.24, 2.45) is 0 Å². The first-order valence-electron chi connectivity index (χ1n) is 9.08. The average molecular weight is 364 g/mol. The minimum atomic E-state index is -0.874. The molecule has 0 aliphatic heterocycles. The summed E-state index contributed by atoms with van der Waals surface area (Å²) in [5, 5.41) is 5.07. The number of esters is 1. The van der Waals surface area contributed by atoms with E-state index < -0.39 is 12.1 Å². The number of aryl methyl sites for hydroxylation is 1. The molecule has 0 radical (unpaired) electrons. The van der Waals surface area contributed by atoms with E-state index in [4.69, 9.17) is 4.74 Å². The Hall–Kier alpha value is -3.08. The van der Waals surface area contributed by atoms with E-state index in [0.29, 0.717) is 5.69 Å². The van der Waals surface area contributed by atoms with E-state index in [1.165, 1.54) is 11.6 Å². The number of fused-ring (bicyclic) bond motifs is 3. The van der Waals surface area contributed by atoms with Crippen molar-refractivity contribution in [2.75, 3.05) is 5.32 Å². The van der Waals surface area contributed by atoms with Gasteiger partial charge in [0, 0.05) is 40.1 Å². The zero-order valence-electron chi connectivity index (χ0n) is 16.1. The minimum absolute atomic E-state index is 0.357. The lowest BCUT2D eigenvalue weighted by molar-refractivity contribution is -0.148. The molecule has 0 saturated carbocycles. The zero-order valence-corrected chi connectivity index (χ0v) is 16.1. The zero-order chi connectivity index (χ0) is 19.6. The lowest BCUT2D eigenvalue weighted by atomic mass is 10.1. The number of hydrogen-bond donors (Lipinski definition) is 1. The number of para-hydroxylation sites is 1. The fourth-order valence-electron chi connectivity index (χ4n) is 3.21. The van der Waals surface area contributed by atoms with E-state index in [2.05, 4.69) is 28.9 Å². The number of nitrogens with zero attached hydrogens (tertiary/aromatic N) is 1. The summed E-state index contributed by atoms with van der Waals surface area (Å²) in [7, 11) is 0. The number of anilines is 1. The molecule has 0 bridgehead atoms. The van der Waals surface area contributed by atoms with Gasteiger partial charge in [-0.3, -0.25) is 4.79 Å². The van der Waals surface area contributed by atoms with Crippen LogP contribution in [0, 0.1) is 0 Å². The van der Waals surface area contributed by atoms with E-state index in [0.717, 1.165) is 28.4 Å². The lowest BCUT2D eigenvalue weighted by Crippen LogP contribution is -2.29. The van der Waals surface area contributed by atoms with Crippen LogP contribution in [0.15, 0.2) is 54.1 Å². The quantitative estimate of drug-likeness (QED) is 0.529. The van der Waals surface area contributed by atoms with Crippen molar-refractivity contribution in [2.45, 2.75) is 40.3 Å². The smallest absolute Gasteiger partial charge is 0.331 e. The predicted octanol–water partition coefficient (Wildman–Crippen LogP) is 4.65. The van der Waals surface area contributed by atoms with Gasteiger partial charge in [0.05, 0.1) is 0 Å². The maximum Gasteiger partial charge on any atom is 0.331 e. The average Bonchev–Trinajstić information content (AvgIpc) is 2.94. The Morgan fingerprint density at radius 1 is 1.11 bits per heavy atom. The van der Waals surface area contributed by atoms with Gasteiger partial charge in [-0.05, 0) is 52.0 Å². The molecular formula is C22H24N2O3. The summed E-state index contributed by atoms with van der Waals surface area (Å²) in [5.41, 5.74) is 3.80. The number of aromatic nitrogens is 1. The van der Waals surface area contributed by atoms with E-state index in [1.807, 2.05) is 30.3 Å². The molecule has 1 N–H and O–H groups in total. The lowest BCUT2D eigenvalue weighted by Gasteiger charge is -2.13. The standard InChI is InChI=1S/C22H24N2O3/c1-5-24-19-9-7-6-8-17(19)18-13-16(10-11-20(18)24)23-22(26)15(4)27-21(25)12-14(2)3/h6-13,15H,5H2,1-4H3,(H,23,26)/t15-/m0/s1. The van der Waals surface area contributed by atoms with Crippen molar-refractivity contribution in [3.63, 3.8) is 0 Å². The van der Waals surface area contributed by atoms with Gasteiger partial charge in [-0.2, -0.15) is 0 Å². The third-order valence-electron chi connectivity index (χ3n) is 4.42. The van der Waals surface area contributed by atoms with Crippen LogP contribution in [0.4, 0.5) is 5.69 Å². The number of carbonyl (C=O) groups is 2. The molecule has 0 aliphatic carbocycles. The fourth-order valence-corrected chi connectivity index (χ4v) is 3.21. The van der Waals surface area contributed by atoms with Gasteiger partial charge < -0.3 is 14.6 Å². The number of nitrogens with one attached hydrogen (secondary N) is 1. The molecule has 0 spiro atoms. The van der Waals surface area contributed by atoms with Gasteiger partial charge in [0.15, 0.2) is 6.10 Å². The van der Waals surface area contributed by atoms with Crippen LogP contribution < -0.4 is 5.32 Å². The van der Waals surface area contributed by atoms with E-state index >= 15 is 0 Å². The number of carbonyl (C=O) groups excluding carboxylic acids is 2. The molecular weight excluding hydrogens is 340 g/mol. The number of benzene rings is 2. The van der Waals surface area contributed by atoms with Crippen LogP contribution in [0.1, 0.15) is 27.7 Å². The number of allylic oxidation sites excluding steroid dienone is 1. The summed E-state index contributed by atoms with van der Waals surface area (Å²) in [4.78, 5) is 24.1. The van der Waals surface area contributed by atoms with Gasteiger partial charge in [-0.1, -0.05) is 23.8 Å². The highest BCUT2D eigenvalue weighted by Crippen LogP contribution is 2.31. The van der Waals surface area contributed by atoms with Crippen LogP contribution in [0.2, 0.25) is 0 Å². The van der Waals surface area contributed by atoms with Crippen LogP contribution in [-0.4, -0.2) is 22.5 Å². The van der Waals surface area contributed by atoms with Crippen LogP contribution >= 0.6 is 0 Å². The van der Waals surface area contributed by atoms with Crippen LogP contribution in [-0.2, 0) is 20.9 Å². The Kier molecular flexibility index (Phi) is 5.31. The van der Waals surface area contributed by atoms with Gasteiger partial charge in [0.25, 0.3) is 5.91 Å². The number of hydrogen-bond acceptors (Lipinski definition) is 3. The summed E-state index contributed by atoms with van der Waals surface area (Å²) in [6, 6.07) is 14.1. The summed E-state index contributed by atoms with van der Waals surface area (Å²) in [5.74, 6) is -0.872. The molecule has 140 valence electrons. The van der Waals surface area contributed by atoms with Crippen molar-refractivity contribution in [3.8, 4) is 0 Å². The number of amides is 1. The third kappa shape index (κ3) is 3.87. The molecule has 1 amide bonds. The Bertz CT molecular complexity index is 1040. The van der Waals surface area contributed by atoms with Gasteiger partial charge in [-0.25, -0.2) is 4.79 Å². The second-order valence-electron chi connectivity index (χ2n) is 6.78. The summed E-state index contributed by atoms with van der Waals surface area (Å²) >= 11 is 0. The molecule has 0 saturated heterocycles. The van der Waals surface area contributed by atoms with Crippen molar-refractivity contribution < 1.29 is 14.3 Å². The second-order valence-corrected chi connectivity index (χ2v) is 6.78. The molecule has 3 aromatic rings. The molecule has 1 aromatic heterocycles. The molecule has 1 heterocycles. The summed E-state index contributed by atoms with van der Waals surface area (Å²) < 4.78 is 7.39. The number of rotatable bonds is 5. The Morgan fingerprint density at radius 3 is 2.52 bits per heavy atom. The van der Waals surface area contributed by atoms with Crippen molar-refractivity contribution >= 4 is 39.4 Å². The molecule has 5 heteroatoms. The van der Waals surface area contributed by atoms with E-state index in [1.54, 1.807) is 20.8 Å². The van der Waals surface area contributed by atoms with Gasteiger partial charge in [0.2, 0.25) is 0 Å². The molecule has 27 heavy (non-hydrogen) atoms. The molecule has 0 fully saturated rings. The first-order chi connectivity index (χ1) is 12.9. The third-order valence-corrected chi connectivity index (χ3v) is 4.42. The first-order valence-corrected chi connectivity index (χ1v) is 9.08. The number of ether oxygens (including phenoxy) is 1. The van der Waals surface area contributed by atoms with Crippen LogP contribution in [0.3, 0.4) is 0 Å². The second kappa shape index (κ2) is 7.66. The topological polar surface area (TPSA) is 60.3 Å². The van der Waals surface area contributed by atoms with E-state index in [-0.39, 0.29) is 5.91 Å². The SMILES string of the molecule is CCn1c2ccccc2c2cc(NC(=O)[C@H](C)OC(=O)C=C(C)C)ccc21. The highest BCUT2D eigenvalue weighted by Gasteiger charge is 2.17. The van der Waals surface area contributed by atoms with E-state index in [9.17, 15) is 9.59 Å². The largest absolute Gasteiger partial charge is 0.449 e. The molecule has 2 aromatic carbocycles. The highest BCUT2D eigenvalue weighted by atomic mass is 16.5. The van der Waals surface area contributed by atoms with Crippen molar-refractivity contribution in [3.05, 3.63) is 54.1 Å². The maximum absolute atomic E-state index is 12.4. The minimum Gasteiger partial charge on any atom is -0.449 e.